The molecular formula is C13H19N3O. The molecule has 1 aliphatic rings. The summed E-state index contributed by atoms with van der Waals surface area (Å²) in [5.41, 5.74) is 6.65. The van der Waals surface area contributed by atoms with Gasteiger partial charge >= 0.3 is 0 Å². The van der Waals surface area contributed by atoms with Crippen LogP contribution in [0.15, 0.2) is 18.3 Å². The molecule has 2 rings (SSSR count). The third-order valence-corrected chi connectivity index (χ3v) is 2.82. The Labute approximate surface area is 102 Å². The maximum absolute atomic E-state index is 12.3. The fourth-order valence-electron chi connectivity index (χ4n) is 1.86. The summed E-state index contributed by atoms with van der Waals surface area (Å²) in [4.78, 5) is 18.3. The first kappa shape index (κ1) is 11.9. The van der Waals surface area contributed by atoms with Crippen LogP contribution in [0.4, 0.5) is 5.69 Å². The Hall–Kier alpha value is -1.58. The monoisotopic (exact) mass is 233 g/mol. The van der Waals surface area contributed by atoms with E-state index in [0.29, 0.717) is 23.3 Å². The van der Waals surface area contributed by atoms with Gasteiger partial charge in [0.25, 0.3) is 5.91 Å². The SMILES string of the molecule is CC(C)CN(C(=O)c1ccc(N)cn1)C1CC1. The molecule has 1 aromatic heterocycles. The van der Waals surface area contributed by atoms with Crippen LogP contribution in [0.3, 0.4) is 0 Å². The molecule has 0 radical (unpaired) electrons. The molecule has 1 aromatic rings. The van der Waals surface area contributed by atoms with E-state index in [1.165, 1.54) is 6.20 Å². The zero-order chi connectivity index (χ0) is 12.4. The van der Waals surface area contributed by atoms with Crippen LogP contribution in [0.1, 0.15) is 37.2 Å². The van der Waals surface area contributed by atoms with E-state index in [0.717, 1.165) is 19.4 Å². The minimum absolute atomic E-state index is 0.0289. The van der Waals surface area contributed by atoms with Crippen LogP contribution >= 0.6 is 0 Å². The molecule has 0 bridgehead atoms. The van der Waals surface area contributed by atoms with E-state index in [1.807, 2.05) is 4.90 Å². The predicted octanol–water partition coefficient (Wildman–Crippen LogP) is 1.92. The van der Waals surface area contributed by atoms with Gasteiger partial charge in [-0.2, -0.15) is 0 Å². The number of hydrogen-bond acceptors (Lipinski definition) is 3. The molecule has 4 heteroatoms. The van der Waals surface area contributed by atoms with Gasteiger partial charge in [0.15, 0.2) is 0 Å². The Kier molecular flexibility index (Phi) is 3.31. The molecule has 0 saturated heterocycles. The lowest BCUT2D eigenvalue weighted by Gasteiger charge is -2.24. The summed E-state index contributed by atoms with van der Waals surface area (Å²) in [5.74, 6) is 0.509. The minimum atomic E-state index is 0.0289. The van der Waals surface area contributed by atoms with E-state index >= 15 is 0 Å². The van der Waals surface area contributed by atoms with Gasteiger partial charge in [0, 0.05) is 12.6 Å². The van der Waals surface area contributed by atoms with Gasteiger partial charge in [-0.05, 0) is 30.9 Å². The number of hydrogen-bond donors (Lipinski definition) is 1. The number of amides is 1. The highest BCUT2D eigenvalue weighted by Crippen LogP contribution is 2.28. The lowest BCUT2D eigenvalue weighted by molar-refractivity contribution is 0.0716. The standard InChI is InChI=1S/C13H19N3O/c1-9(2)8-16(11-4-5-11)13(17)12-6-3-10(14)7-15-12/h3,6-7,9,11H,4-5,8,14H2,1-2H3. The molecule has 1 saturated carbocycles. The van der Waals surface area contributed by atoms with E-state index in [9.17, 15) is 4.79 Å². The highest BCUT2D eigenvalue weighted by Gasteiger charge is 2.33. The molecule has 0 spiro atoms. The number of pyridine rings is 1. The second-order valence-electron chi connectivity index (χ2n) is 5.06. The van der Waals surface area contributed by atoms with Gasteiger partial charge in [-0.3, -0.25) is 4.79 Å². The van der Waals surface area contributed by atoms with Crippen LogP contribution in [-0.2, 0) is 0 Å². The molecule has 0 atom stereocenters. The first-order chi connectivity index (χ1) is 8.08. The molecule has 0 aliphatic heterocycles. The Balaban J connectivity index is 2.12. The fraction of sp³-hybridized carbons (Fsp3) is 0.538. The van der Waals surface area contributed by atoms with E-state index in [1.54, 1.807) is 12.1 Å². The molecule has 1 heterocycles. The predicted molar refractivity (Wildman–Crippen MR) is 67.5 cm³/mol. The van der Waals surface area contributed by atoms with E-state index < -0.39 is 0 Å². The normalized spacial score (nSPS) is 15.0. The summed E-state index contributed by atoms with van der Waals surface area (Å²) in [6.45, 7) is 5.05. The average molecular weight is 233 g/mol. The molecule has 0 aromatic carbocycles. The van der Waals surface area contributed by atoms with Crippen LogP contribution in [0.2, 0.25) is 0 Å². The highest BCUT2D eigenvalue weighted by atomic mass is 16.2. The van der Waals surface area contributed by atoms with Crippen LogP contribution in [0.25, 0.3) is 0 Å². The third kappa shape index (κ3) is 2.96. The summed E-state index contributed by atoms with van der Waals surface area (Å²) >= 11 is 0. The molecule has 2 N–H and O–H groups in total. The molecule has 17 heavy (non-hydrogen) atoms. The first-order valence-electron chi connectivity index (χ1n) is 6.10. The topological polar surface area (TPSA) is 59.2 Å². The van der Waals surface area contributed by atoms with Crippen molar-refractivity contribution >= 4 is 11.6 Å². The van der Waals surface area contributed by atoms with Gasteiger partial charge in [-0.1, -0.05) is 13.8 Å². The Morgan fingerprint density at radius 3 is 2.71 bits per heavy atom. The molecule has 1 aliphatic carbocycles. The van der Waals surface area contributed by atoms with Crippen molar-refractivity contribution in [2.75, 3.05) is 12.3 Å². The van der Waals surface area contributed by atoms with Crippen LogP contribution < -0.4 is 5.73 Å². The van der Waals surface area contributed by atoms with Gasteiger partial charge in [-0.25, -0.2) is 4.98 Å². The Morgan fingerprint density at radius 1 is 1.53 bits per heavy atom. The van der Waals surface area contributed by atoms with Gasteiger partial charge in [0.2, 0.25) is 0 Å². The lowest BCUT2D eigenvalue weighted by Crippen LogP contribution is -2.36. The number of carbonyl (C=O) groups is 1. The summed E-state index contributed by atoms with van der Waals surface area (Å²) in [7, 11) is 0. The van der Waals surface area contributed by atoms with Crippen LogP contribution in [0.5, 0.6) is 0 Å². The molecule has 4 nitrogen and oxygen atoms in total. The van der Waals surface area contributed by atoms with E-state index in [4.69, 9.17) is 5.73 Å². The second-order valence-corrected chi connectivity index (χ2v) is 5.06. The average Bonchev–Trinajstić information content (AvgIpc) is 3.09. The first-order valence-corrected chi connectivity index (χ1v) is 6.10. The highest BCUT2D eigenvalue weighted by molar-refractivity contribution is 5.92. The second kappa shape index (κ2) is 4.73. The minimum Gasteiger partial charge on any atom is -0.397 e. The van der Waals surface area contributed by atoms with Crippen LogP contribution in [-0.4, -0.2) is 28.4 Å². The molecule has 1 fully saturated rings. The molecule has 0 unspecified atom stereocenters. The van der Waals surface area contributed by atoms with E-state index in [-0.39, 0.29) is 5.91 Å². The number of nitrogens with two attached hydrogens (primary N) is 1. The lowest BCUT2D eigenvalue weighted by atomic mass is 10.2. The van der Waals surface area contributed by atoms with Crippen molar-refractivity contribution in [3.05, 3.63) is 24.0 Å². The number of anilines is 1. The smallest absolute Gasteiger partial charge is 0.272 e. The maximum Gasteiger partial charge on any atom is 0.272 e. The quantitative estimate of drug-likeness (QED) is 0.864. The molecule has 92 valence electrons. The number of carbonyl (C=O) groups excluding carboxylic acids is 1. The number of aromatic nitrogens is 1. The summed E-state index contributed by atoms with van der Waals surface area (Å²) in [6, 6.07) is 3.85. The summed E-state index contributed by atoms with van der Waals surface area (Å²) in [6.07, 6.45) is 3.77. The fourth-order valence-corrected chi connectivity index (χ4v) is 1.86. The van der Waals surface area contributed by atoms with Crippen molar-refractivity contribution < 1.29 is 4.79 Å². The number of nitrogen functional groups attached to an aromatic ring is 1. The molecular weight excluding hydrogens is 214 g/mol. The Morgan fingerprint density at radius 2 is 2.24 bits per heavy atom. The van der Waals surface area contributed by atoms with Crippen molar-refractivity contribution in [3.8, 4) is 0 Å². The Bertz CT molecular complexity index is 396. The van der Waals surface area contributed by atoms with Crippen molar-refractivity contribution in [3.63, 3.8) is 0 Å². The number of nitrogens with zero attached hydrogens (tertiary/aromatic N) is 2. The van der Waals surface area contributed by atoms with Crippen molar-refractivity contribution in [1.82, 2.24) is 9.88 Å². The van der Waals surface area contributed by atoms with Gasteiger partial charge in [-0.15, -0.1) is 0 Å². The summed E-state index contributed by atoms with van der Waals surface area (Å²) < 4.78 is 0. The summed E-state index contributed by atoms with van der Waals surface area (Å²) in [5, 5.41) is 0. The molecule has 1 amide bonds. The largest absolute Gasteiger partial charge is 0.397 e. The zero-order valence-corrected chi connectivity index (χ0v) is 10.4. The maximum atomic E-state index is 12.3. The van der Waals surface area contributed by atoms with E-state index in [2.05, 4.69) is 18.8 Å². The van der Waals surface area contributed by atoms with Crippen molar-refractivity contribution in [2.24, 2.45) is 5.92 Å². The van der Waals surface area contributed by atoms with Crippen molar-refractivity contribution in [1.29, 1.82) is 0 Å². The van der Waals surface area contributed by atoms with Crippen molar-refractivity contribution in [2.45, 2.75) is 32.7 Å². The number of rotatable bonds is 4. The van der Waals surface area contributed by atoms with Gasteiger partial charge in [0.05, 0.1) is 11.9 Å². The zero-order valence-electron chi connectivity index (χ0n) is 10.4. The van der Waals surface area contributed by atoms with Crippen LogP contribution in [0, 0.1) is 5.92 Å². The van der Waals surface area contributed by atoms with Gasteiger partial charge in [0.1, 0.15) is 5.69 Å². The third-order valence-electron chi connectivity index (χ3n) is 2.82. The van der Waals surface area contributed by atoms with Gasteiger partial charge < -0.3 is 10.6 Å².